The smallest absolute Gasteiger partial charge is 0.243 e. The van der Waals surface area contributed by atoms with E-state index in [9.17, 15) is 8.42 Å². The third-order valence-corrected chi connectivity index (χ3v) is 6.24. The lowest BCUT2D eigenvalue weighted by Gasteiger charge is -2.20. The summed E-state index contributed by atoms with van der Waals surface area (Å²) in [5, 5.41) is 3.22. The number of hydrogen-bond donors (Lipinski definition) is 1. The van der Waals surface area contributed by atoms with Crippen LogP contribution < -0.4 is 5.32 Å². The minimum absolute atomic E-state index is 0.416. The molecule has 1 fully saturated rings. The Morgan fingerprint density at radius 1 is 1.30 bits per heavy atom. The molecule has 1 aliphatic rings. The van der Waals surface area contributed by atoms with Crippen LogP contribution >= 0.6 is 11.8 Å². The average molecular weight is 314 g/mol. The summed E-state index contributed by atoms with van der Waals surface area (Å²) < 4.78 is 26.9. The number of thioether (sulfide) groups is 1. The maximum absolute atomic E-state index is 12.7. The van der Waals surface area contributed by atoms with Gasteiger partial charge in [0.2, 0.25) is 10.0 Å². The second-order valence-corrected chi connectivity index (χ2v) is 7.96. The van der Waals surface area contributed by atoms with Gasteiger partial charge in [0.05, 0.1) is 4.90 Å². The predicted molar refractivity (Wildman–Crippen MR) is 84.5 cm³/mol. The lowest BCUT2D eigenvalue weighted by molar-refractivity contribution is 0.435. The van der Waals surface area contributed by atoms with Crippen LogP contribution in [-0.4, -0.2) is 43.9 Å². The molecule has 2 rings (SSSR count). The molecule has 6 heteroatoms. The van der Waals surface area contributed by atoms with Crippen LogP contribution in [0.5, 0.6) is 0 Å². The van der Waals surface area contributed by atoms with Crippen LogP contribution in [-0.2, 0) is 16.6 Å². The second-order valence-electron chi connectivity index (χ2n) is 4.80. The molecule has 1 aliphatic heterocycles. The Kier molecular flexibility index (Phi) is 5.89. The zero-order valence-electron chi connectivity index (χ0n) is 11.8. The monoisotopic (exact) mass is 314 g/mol. The van der Waals surface area contributed by atoms with Crippen molar-refractivity contribution in [2.45, 2.75) is 24.8 Å². The van der Waals surface area contributed by atoms with Gasteiger partial charge in [-0.25, -0.2) is 8.42 Å². The summed E-state index contributed by atoms with van der Waals surface area (Å²) in [4.78, 5) is 0.416. The Bertz CT molecular complexity index is 524. The van der Waals surface area contributed by atoms with Crippen molar-refractivity contribution in [1.82, 2.24) is 9.62 Å². The number of nitrogens with one attached hydrogen (secondary N) is 1. The summed E-state index contributed by atoms with van der Waals surface area (Å²) in [6.07, 6.45) is 0.932. The standard InChI is InChI=1S/C14H22N2O2S2/c1-2-15-12-13-5-3-6-14(11-13)20(17,18)16-7-4-9-19-10-8-16/h3,5-6,11,15H,2,4,7-10,12H2,1H3. The van der Waals surface area contributed by atoms with E-state index in [-0.39, 0.29) is 0 Å². The van der Waals surface area contributed by atoms with Gasteiger partial charge in [0.15, 0.2) is 0 Å². The highest BCUT2D eigenvalue weighted by molar-refractivity contribution is 7.99. The fourth-order valence-electron chi connectivity index (χ4n) is 2.20. The molecule has 1 heterocycles. The van der Waals surface area contributed by atoms with E-state index < -0.39 is 10.0 Å². The summed E-state index contributed by atoms with van der Waals surface area (Å²) in [5.74, 6) is 1.93. The topological polar surface area (TPSA) is 49.4 Å². The highest BCUT2D eigenvalue weighted by Gasteiger charge is 2.25. The minimum Gasteiger partial charge on any atom is -0.313 e. The van der Waals surface area contributed by atoms with Crippen LogP contribution in [0, 0.1) is 0 Å². The van der Waals surface area contributed by atoms with Crippen LogP contribution in [0.2, 0.25) is 0 Å². The number of benzene rings is 1. The number of rotatable bonds is 5. The van der Waals surface area contributed by atoms with Crippen molar-refractivity contribution in [1.29, 1.82) is 0 Å². The van der Waals surface area contributed by atoms with E-state index in [1.807, 2.05) is 30.8 Å². The fourth-order valence-corrected chi connectivity index (χ4v) is 4.75. The largest absolute Gasteiger partial charge is 0.313 e. The molecule has 0 unspecified atom stereocenters. The first kappa shape index (κ1) is 15.8. The van der Waals surface area contributed by atoms with Gasteiger partial charge in [0, 0.05) is 25.4 Å². The number of sulfonamides is 1. The Labute approximate surface area is 126 Å². The van der Waals surface area contributed by atoms with Crippen molar-refractivity contribution in [3.8, 4) is 0 Å². The van der Waals surface area contributed by atoms with Gasteiger partial charge in [0.25, 0.3) is 0 Å². The molecular weight excluding hydrogens is 292 g/mol. The van der Waals surface area contributed by atoms with Crippen molar-refractivity contribution in [2.24, 2.45) is 0 Å². The third-order valence-electron chi connectivity index (χ3n) is 3.30. The summed E-state index contributed by atoms with van der Waals surface area (Å²) in [5.41, 5.74) is 1.01. The zero-order chi connectivity index (χ0) is 14.4. The Morgan fingerprint density at radius 3 is 2.95 bits per heavy atom. The Balaban J connectivity index is 2.19. The molecule has 1 aromatic carbocycles. The minimum atomic E-state index is -3.34. The summed E-state index contributed by atoms with van der Waals surface area (Å²) in [6.45, 7) is 4.86. The van der Waals surface area contributed by atoms with E-state index in [0.29, 0.717) is 24.5 Å². The molecule has 4 nitrogen and oxygen atoms in total. The van der Waals surface area contributed by atoms with Gasteiger partial charge in [-0.15, -0.1) is 0 Å². The van der Waals surface area contributed by atoms with Crippen molar-refractivity contribution in [3.05, 3.63) is 29.8 Å². The van der Waals surface area contributed by atoms with E-state index in [0.717, 1.165) is 30.0 Å². The number of nitrogens with zero attached hydrogens (tertiary/aromatic N) is 1. The Hall–Kier alpha value is -0.560. The highest BCUT2D eigenvalue weighted by atomic mass is 32.2. The first-order valence-electron chi connectivity index (χ1n) is 7.02. The van der Waals surface area contributed by atoms with Crippen LogP contribution in [0.3, 0.4) is 0 Å². The van der Waals surface area contributed by atoms with Gasteiger partial charge in [-0.05, 0) is 36.4 Å². The van der Waals surface area contributed by atoms with E-state index >= 15 is 0 Å². The van der Waals surface area contributed by atoms with Gasteiger partial charge in [0.1, 0.15) is 0 Å². The van der Waals surface area contributed by atoms with Crippen molar-refractivity contribution < 1.29 is 8.42 Å². The molecule has 20 heavy (non-hydrogen) atoms. The molecule has 1 saturated heterocycles. The molecule has 0 spiro atoms. The highest BCUT2D eigenvalue weighted by Crippen LogP contribution is 2.20. The van der Waals surface area contributed by atoms with Crippen molar-refractivity contribution >= 4 is 21.8 Å². The number of hydrogen-bond acceptors (Lipinski definition) is 4. The van der Waals surface area contributed by atoms with Crippen LogP contribution in [0.15, 0.2) is 29.2 Å². The van der Waals surface area contributed by atoms with E-state index in [2.05, 4.69) is 5.32 Å². The molecule has 1 N–H and O–H groups in total. The fraction of sp³-hybridized carbons (Fsp3) is 0.571. The molecule has 0 radical (unpaired) electrons. The summed E-state index contributed by atoms with van der Waals surface area (Å²) >= 11 is 1.83. The summed E-state index contributed by atoms with van der Waals surface area (Å²) in [6, 6.07) is 7.27. The van der Waals surface area contributed by atoms with Crippen LogP contribution in [0.1, 0.15) is 18.9 Å². The third kappa shape index (κ3) is 3.97. The lowest BCUT2D eigenvalue weighted by Crippen LogP contribution is -2.33. The maximum atomic E-state index is 12.7. The van der Waals surface area contributed by atoms with Gasteiger partial charge in [-0.2, -0.15) is 16.1 Å². The van der Waals surface area contributed by atoms with Gasteiger partial charge in [-0.3, -0.25) is 0 Å². The molecule has 0 bridgehead atoms. The zero-order valence-corrected chi connectivity index (χ0v) is 13.5. The second kappa shape index (κ2) is 7.45. The van der Waals surface area contributed by atoms with Crippen LogP contribution in [0.25, 0.3) is 0 Å². The van der Waals surface area contributed by atoms with Crippen molar-refractivity contribution in [2.75, 3.05) is 31.1 Å². The summed E-state index contributed by atoms with van der Waals surface area (Å²) in [7, 11) is -3.34. The SMILES string of the molecule is CCNCc1cccc(S(=O)(=O)N2CCCSCC2)c1. The van der Waals surface area contributed by atoms with Gasteiger partial charge >= 0.3 is 0 Å². The quantitative estimate of drug-likeness (QED) is 0.902. The molecule has 0 amide bonds. The lowest BCUT2D eigenvalue weighted by atomic mass is 10.2. The molecule has 0 saturated carbocycles. The molecular formula is C14H22N2O2S2. The van der Waals surface area contributed by atoms with Crippen molar-refractivity contribution in [3.63, 3.8) is 0 Å². The average Bonchev–Trinajstić information content (AvgIpc) is 2.75. The molecule has 0 aromatic heterocycles. The maximum Gasteiger partial charge on any atom is 0.243 e. The molecule has 1 aromatic rings. The van der Waals surface area contributed by atoms with E-state index in [1.165, 1.54) is 0 Å². The predicted octanol–water partition coefficient (Wildman–Crippen LogP) is 1.92. The molecule has 0 aliphatic carbocycles. The van der Waals surface area contributed by atoms with E-state index in [1.54, 1.807) is 16.4 Å². The van der Waals surface area contributed by atoms with Gasteiger partial charge in [-0.1, -0.05) is 19.1 Å². The first-order chi connectivity index (χ1) is 9.64. The first-order valence-corrected chi connectivity index (χ1v) is 9.61. The van der Waals surface area contributed by atoms with Crippen LogP contribution in [0.4, 0.5) is 0 Å². The molecule has 0 atom stereocenters. The van der Waals surface area contributed by atoms with E-state index in [4.69, 9.17) is 0 Å². The van der Waals surface area contributed by atoms with Gasteiger partial charge < -0.3 is 5.32 Å². The Morgan fingerprint density at radius 2 is 2.15 bits per heavy atom. The normalized spacial score (nSPS) is 17.9. The molecule has 112 valence electrons.